The quantitative estimate of drug-likeness (QED) is 0.618. The number of ether oxygens (including phenoxy) is 2. The molecule has 0 heterocycles. The maximum absolute atomic E-state index is 5.09. The monoisotopic (exact) mass is 180 g/mol. The van der Waals surface area contributed by atoms with Crippen LogP contribution in [0.2, 0.25) is 0 Å². The normalized spacial score (nSPS) is 22.0. The topological polar surface area (TPSA) is 18.5 Å². The number of allylic oxidation sites excluding steroid dienone is 4. The van der Waals surface area contributed by atoms with Gasteiger partial charge in [0.15, 0.2) is 0 Å². The highest BCUT2D eigenvalue weighted by Gasteiger charge is 2.04. The van der Waals surface area contributed by atoms with Crippen LogP contribution >= 0.6 is 0 Å². The van der Waals surface area contributed by atoms with E-state index in [2.05, 4.69) is 18.2 Å². The zero-order valence-electron chi connectivity index (χ0n) is 8.19. The molecular formula is C11H16O2. The Balaban J connectivity index is 2.34. The van der Waals surface area contributed by atoms with Crippen LogP contribution in [-0.4, -0.2) is 20.8 Å². The fourth-order valence-electron chi connectivity index (χ4n) is 1.24. The third kappa shape index (κ3) is 3.47. The Morgan fingerprint density at radius 3 is 2.92 bits per heavy atom. The van der Waals surface area contributed by atoms with Crippen molar-refractivity contribution < 1.29 is 9.47 Å². The highest BCUT2D eigenvalue weighted by atomic mass is 16.5. The first kappa shape index (κ1) is 10.1. The summed E-state index contributed by atoms with van der Waals surface area (Å²) in [5, 5.41) is 0. The van der Waals surface area contributed by atoms with Gasteiger partial charge in [0, 0.05) is 7.11 Å². The van der Waals surface area contributed by atoms with E-state index in [0.29, 0.717) is 12.5 Å². The molecule has 0 N–H and O–H groups in total. The molecule has 13 heavy (non-hydrogen) atoms. The fraction of sp³-hybridized carbons (Fsp3) is 0.455. The molecule has 0 spiro atoms. The molecule has 2 heteroatoms. The van der Waals surface area contributed by atoms with Crippen molar-refractivity contribution in [1.29, 1.82) is 0 Å². The second-order valence-corrected chi connectivity index (χ2v) is 2.95. The van der Waals surface area contributed by atoms with Crippen molar-refractivity contribution in [2.75, 3.05) is 20.8 Å². The van der Waals surface area contributed by atoms with E-state index in [1.807, 2.05) is 12.2 Å². The van der Waals surface area contributed by atoms with E-state index in [4.69, 9.17) is 9.47 Å². The van der Waals surface area contributed by atoms with Crippen LogP contribution in [0.3, 0.4) is 0 Å². The predicted octanol–water partition coefficient (Wildman–Crippen LogP) is 2.30. The van der Waals surface area contributed by atoms with E-state index < -0.39 is 0 Å². The smallest absolute Gasteiger partial charge is 0.114 e. The van der Waals surface area contributed by atoms with Crippen LogP contribution in [0.1, 0.15) is 6.42 Å². The van der Waals surface area contributed by atoms with Crippen LogP contribution in [0.4, 0.5) is 0 Å². The summed E-state index contributed by atoms with van der Waals surface area (Å²) < 4.78 is 10.0. The molecule has 0 aromatic heterocycles. The molecule has 0 bridgehead atoms. The minimum absolute atomic E-state index is 0.494. The molecule has 0 fully saturated rings. The summed E-state index contributed by atoms with van der Waals surface area (Å²) in [6, 6.07) is 0. The lowest BCUT2D eigenvalue weighted by Gasteiger charge is -2.11. The number of methoxy groups -OCH3 is 2. The molecule has 0 aromatic rings. The Morgan fingerprint density at radius 1 is 1.54 bits per heavy atom. The molecule has 1 aliphatic carbocycles. The Kier molecular flexibility index (Phi) is 4.33. The van der Waals surface area contributed by atoms with Gasteiger partial charge in [0.2, 0.25) is 0 Å². The van der Waals surface area contributed by atoms with Crippen LogP contribution in [0.5, 0.6) is 0 Å². The lowest BCUT2D eigenvalue weighted by atomic mass is 10.00. The molecule has 1 atom stereocenters. The second kappa shape index (κ2) is 5.60. The molecule has 1 unspecified atom stereocenters. The van der Waals surface area contributed by atoms with E-state index >= 15 is 0 Å². The molecule has 72 valence electrons. The van der Waals surface area contributed by atoms with Crippen molar-refractivity contribution in [1.82, 2.24) is 0 Å². The zero-order chi connectivity index (χ0) is 9.52. The van der Waals surface area contributed by atoms with Crippen LogP contribution in [0.25, 0.3) is 0 Å². The Bertz CT molecular complexity index is 226. The van der Waals surface area contributed by atoms with E-state index in [9.17, 15) is 0 Å². The van der Waals surface area contributed by atoms with Crippen molar-refractivity contribution in [3.05, 3.63) is 36.1 Å². The molecule has 1 aliphatic rings. The average molecular weight is 180 g/mol. The molecular weight excluding hydrogens is 164 g/mol. The standard InChI is InChI=1S/C11H16O2/c1-12-9-3-4-10-5-7-11(13-2)8-6-10/h3-5,7-8,10H,6,9H2,1-2H3. The molecule has 1 rings (SSSR count). The van der Waals surface area contributed by atoms with Gasteiger partial charge >= 0.3 is 0 Å². The van der Waals surface area contributed by atoms with Crippen molar-refractivity contribution >= 4 is 0 Å². The van der Waals surface area contributed by atoms with Gasteiger partial charge in [-0.05, 0) is 24.5 Å². The minimum atomic E-state index is 0.494. The Morgan fingerprint density at radius 2 is 2.38 bits per heavy atom. The Labute approximate surface area is 79.5 Å². The maximum Gasteiger partial charge on any atom is 0.114 e. The van der Waals surface area contributed by atoms with Crippen molar-refractivity contribution in [2.24, 2.45) is 5.92 Å². The summed E-state index contributed by atoms with van der Waals surface area (Å²) in [6.07, 6.45) is 11.5. The molecule has 0 saturated carbocycles. The van der Waals surface area contributed by atoms with E-state index in [1.54, 1.807) is 14.2 Å². The number of rotatable bonds is 4. The highest BCUT2D eigenvalue weighted by molar-refractivity contribution is 5.21. The van der Waals surface area contributed by atoms with Gasteiger partial charge in [-0.15, -0.1) is 0 Å². The largest absolute Gasteiger partial charge is 0.497 e. The second-order valence-electron chi connectivity index (χ2n) is 2.95. The van der Waals surface area contributed by atoms with Gasteiger partial charge in [0.25, 0.3) is 0 Å². The van der Waals surface area contributed by atoms with E-state index in [0.717, 1.165) is 12.2 Å². The van der Waals surface area contributed by atoms with Gasteiger partial charge in [-0.1, -0.05) is 18.2 Å². The van der Waals surface area contributed by atoms with Crippen LogP contribution in [0.15, 0.2) is 36.1 Å². The van der Waals surface area contributed by atoms with Crippen LogP contribution in [-0.2, 0) is 9.47 Å². The lowest BCUT2D eigenvalue weighted by Crippen LogP contribution is -1.97. The summed E-state index contributed by atoms with van der Waals surface area (Å²) in [7, 11) is 3.39. The third-order valence-corrected chi connectivity index (χ3v) is 1.98. The van der Waals surface area contributed by atoms with Gasteiger partial charge in [-0.3, -0.25) is 0 Å². The first-order valence-corrected chi connectivity index (χ1v) is 4.44. The fourth-order valence-corrected chi connectivity index (χ4v) is 1.24. The van der Waals surface area contributed by atoms with Crippen LogP contribution in [0, 0.1) is 5.92 Å². The highest BCUT2D eigenvalue weighted by Crippen LogP contribution is 2.17. The van der Waals surface area contributed by atoms with E-state index in [-0.39, 0.29) is 0 Å². The average Bonchev–Trinajstić information content (AvgIpc) is 2.19. The van der Waals surface area contributed by atoms with Crippen molar-refractivity contribution in [3.8, 4) is 0 Å². The molecule has 0 aromatic carbocycles. The molecule has 2 nitrogen and oxygen atoms in total. The molecule has 0 amide bonds. The molecule has 0 aliphatic heterocycles. The van der Waals surface area contributed by atoms with Gasteiger partial charge in [0.1, 0.15) is 5.76 Å². The zero-order valence-corrected chi connectivity index (χ0v) is 8.19. The summed E-state index contributed by atoms with van der Waals surface area (Å²) in [6.45, 7) is 0.686. The summed E-state index contributed by atoms with van der Waals surface area (Å²) >= 11 is 0. The first-order valence-electron chi connectivity index (χ1n) is 4.44. The minimum Gasteiger partial charge on any atom is -0.497 e. The number of hydrogen-bond acceptors (Lipinski definition) is 2. The first-order chi connectivity index (χ1) is 6.36. The lowest BCUT2D eigenvalue weighted by molar-refractivity contribution is 0.233. The van der Waals surface area contributed by atoms with Crippen molar-refractivity contribution in [3.63, 3.8) is 0 Å². The maximum atomic E-state index is 5.09. The van der Waals surface area contributed by atoms with Gasteiger partial charge in [-0.25, -0.2) is 0 Å². The van der Waals surface area contributed by atoms with Gasteiger partial charge in [-0.2, -0.15) is 0 Å². The molecule has 0 radical (unpaired) electrons. The summed E-state index contributed by atoms with van der Waals surface area (Å²) in [4.78, 5) is 0. The van der Waals surface area contributed by atoms with E-state index in [1.165, 1.54) is 0 Å². The third-order valence-electron chi connectivity index (χ3n) is 1.98. The molecule has 0 saturated heterocycles. The Hall–Kier alpha value is -1.02. The van der Waals surface area contributed by atoms with Crippen LogP contribution < -0.4 is 0 Å². The van der Waals surface area contributed by atoms with Gasteiger partial charge in [0.05, 0.1) is 13.7 Å². The number of hydrogen-bond donors (Lipinski definition) is 0. The van der Waals surface area contributed by atoms with Gasteiger partial charge < -0.3 is 9.47 Å². The summed E-state index contributed by atoms with van der Waals surface area (Å²) in [5.41, 5.74) is 0. The SMILES string of the molecule is COCC=CC1C=CC(OC)=CC1. The summed E-state index contributed by atoms with van der Waals surface area (Å²) in [5.74, 6) is 1.45. The van der Waals surface area contributed by atoms with Crippen molar-refractivity contribution in [2.45, 2.75) is 6.42 Å². The predicted molar refractivity (Wildman–Crippen MR) is 53.4 cm³/mol.